The maximum Gasteiger partial charge on any atom is 0.307 e. The first-order valence-electron chi connectivity index (χ1n) is 5.78. The quantitative estimate of drug-likeness (QED) is 0.747. The van der Waals surface area contributed by atoms with Gasteiger partial charge >= 0.3 is 5.97 Å². The molecule has 4 N–H and O–H groups in total. The van der Waals surface area contributed by atoms with Crippen molar-refractivity contribution >= 4 is 46.2 Å². The molecule has 0 aliphatic rings. The first kappa shape index (κ1) is 14.5. The Morgan fingerprint density at radius 3 is 2.35 bits per heavy atom. The van der Waals surface area contributed by atoms with Crippen LogP contribution in [-0.4, -0.2) is 11.1 Å². The van der Waals surface area contributed by atoms with E-state index < -0.39 is 5.97 Å². The Hall–Kier alpha value is -1.91. The topological polar surface area (TPSA) is 75.3 Å². The minimum atomic E-state index is -0.862. The van der Waals surface area contributed by atoms with Crippen molar-refractivity contribution in [2.24, 2.45) is 0 Å². The fraction of sp³-hybridized carbons (Fsp3) is 0.0714. The number of nitrogen functional groups attached to an aromatic ring is 1. The zero-order valence-corrected chi connectivity index (χ0v) is 11.9. The molecule has 0 heterocycles. The number of hydrogen-bond acceptors (Lipinski definition) is 3. The van der Waals surface area contributed by atoms with E-state index in [0.717, 1.165) is 11.3 Å². The lowest BCUT2D eigenvalue weighted by Crippen LogP contribution is -2.00. The van der Waals surface area contributed by atoms with Gasteiger partial charge in [-0.2, -0.15) is 0 Å². The van der Waals surface area contributed by atoms with Gasteiger partial charge in [0.1, 0.15) is 0 Å². The summed E-state index contributed by atoms with van der Waals surface area (Å²) in [6, 6.07) is 10.3. The van der Waals surface area contributed by atoms with Gasteiger partial charge in [0, 0.05) is 5.69 Å². The minimum Gasteiger partial charge on any atom is -0.481 e. The fourth-order valence-electron chi connectivity index (χ4n) is 1.71. The summed E-state index contributed by atoms with van der Waals surface area (Å²) >= 11 is 11.8. The Morgan fingerprint density at radius 2 is 1.75 bits per heavy atom. The van der Waals surface area contributed by atoms with E-state index in [-0.39, 0.29) is 6.42 Å². The van der Waals surface area contributed by atoms with E-state index in [9.17, 15) is 4.79 Å². The van der Waals surface area contributed by atoms with Crippen molar-refractivity contribution in [1.82, 2.24) is 0 Å². The number of anilines is 3. The van der Waals surface area contributed by atoms with Crippen LogP contribution in [0, 0.1) is 0 Å². The number of carbonyl (C=O) groups is 1. The maximum atomic E-state index is 10.6. The molecule has 4 nitrogen and oxygen atoms in total. The molecule has 0 radical (unpaired) electrons. The molecule has 0 bridgehead atoms. The van der Waals surface area contributed by atoms with Crippen LogP contribution in [0.4, 0.5) is 17.1 Å². The van der Waals surface area contributed by atoms with Gasteiger partial charge in [-0.15, -0.1) is 0 Å². The monoisotopic (exact) mass is 310 g/mol. The third-order valence-electron chi connectivity index (χ3n) is 2.68. The normalized spacial score (nSPS) is 10.3. The van der Waals surface area contributed by atoms with Gasteiger partial charge in [-0.3, -0.25) is 4.79 Å². The summed E-state index contributed by atoms with van der Waals surface area (Å²) in [7, 11) is 0. The summed E-state index contributed by atoms with van der Waals surface area (Å²) in [6.45, 7) is 0. The Labute approximate surface area is 126 Å². The summed E-state index contributed by atoms with van der Waals surface area (Å²) < 4.78 is 0. The van der Waals surface area contributed by atoms with Crippen LogP contribution < -0.4 is 11.1 Å². The van der Waals surface area contributed by atoms with Gasteiger partial charge in [0.2, 0.25) is 0 Å². The van der Waals surface area contributed by atoms with Crippen molar-refractivity contribution in [2.75, 3.05) is 11.1 Å². The largest absolute Gasteiger partial charge is 0.481 e. The van der Waals surface area contributed by atoms with Crippen LogP contribution in [0.3, 0.4) is 0 Å². The lowest BCUT2D eigenvalue weighted by atomic mass is 10.1. The summed E-state index contributed by atoms with van der Waals surface area (Å²) in [5, 5.41) is 12.6. The number of nitrogens with one attached hydrogen (secondary N) is 1. The smallest absolute Gasteiger partial charge is 0.307 e. The second kappa shape index (κ2) is 6.03. The Balaban J connectivity index is 2.18. The predicted molar refractivity (Wildman–Crippen MR) is 81.9 cm³/mol. The number of nitrogens with two attached hydrogens (primary N) is 1. The lowest BCUT2D eigenvalue weighted by Gasteiger charge is -2.11. The van der Waals surface area contributed by atoms with Gasteiger partial charge in [0.15, 0.2) is 0 Å². The molecule has 0 spiro atoms. The van der Waals surface area contributed by atoms with Crippen LogP contribution in [0.25, 0.3) is 0 Å². The van der Waals surface area contributed by atoms with Crippen molar-refractivity contribution in [1.29, 1.82) is 0 Å². The van der Waals surface area contributed by atoms with Gasteiger partial charge in [0.05, 0.1) is 27.8 Å². The molecule has 0 unspecified atom stereocenters. The van der Waals surface area contributed by atoms with Gasteiger partial charge in [-0.05, 0) is 29.8 Å². The molecule has 0 saturated heterocycles. The molecular formula is C14H12Cl2N2O2. The molecule has 2 aromatic carbocycles. The number of halogens is 2. The van der Waals surface area contributed by atoms with Gasteiger partial charge in [0.25, 0.3) is 0 Å². The number of carboxylic acid groups (broad SMARTS) is 1. The highest BCUT2D eigenvalue weighted by Gasteiger charge is 2.06. The number of carboxylic acids is 1. The number of aliphatic carboxylic acids is 1. The molecule has 0 aliphatic carbocycles. The first-order valence-corrected chi connectivity index (χ1v) is 6.53. The molecule has 0 saturated carbocycles. The fourth-order valence-corrected chi connectivity index (χ4v) is 2.04. The van der Waals surface area contributed by atoms with Crippen molar-refractivity contribution in [2.45, 2.75) is 6.42 Å². The molecule has 20 heavy (non-hydrogen) atoms. The van der Waals surface area contributed by atoms with E-state index in [1.807, 2.05) is 0 Å². The highest BCUT2D eigenvalue weighted by Crippen LogP contribution is 2.32. The van der Waals surface area contributed by atoms with E-state index in [1.54, 1.807) is 36.4 Å². The van der Waals surface area contributed by atoms with Crippen LogP contribution >= 0.6 is 23.2 Å². The van der Waals surface area contributed by atoms with Gasteiger partial charge in [-0.1, -0.05) is 35.3 Å². The highest BCUT2D eigenvalue weighted by molar-refractivity contribution is 6.42. The Morgan fingerprint density at radius 1 is 1.15 bits per heavy atom. The molecular weight excluding hydrogens is 299 g/mol. The van der Waals surface area contributed by atoms with Crippen LogP contribution in [-0.2, 0) is 11.2 Å². The molecule has 0 aromatic heterocycles. The number of hydrogen-bond donors (Lipinski definition) is 3. The molecule has 2 rings (SSSR count). The third-order valence-corrected chi connectivity index (χ3v) is 3.40. The average molecular weight is 311 g/mol. The van der Waals surface area contributed by atoms with E-state index >= 15 is 0 Å². The minimum absolute atomic E-state index is 0.00477. The zero-order valence-electron chi connectivity index (χ0n) is 10.4. The van der Waals surface area contributed by atoms with Crippen molar-refractivity contribution in [3.8, 4) is 0 Å². The maximum absolute atomic E-state index is 10.6. The summed E-state index contributed by atoms with van der Waals surface area (Å²) in [4.78, 5) is 10.6. The van der Waals surface area contributed by atoms with E-state index in [4.69, 9.17) is 34.0 Å². The molecule has 0 atom stereocenters. The lowest BCUT2D eigenvalue weighted by molar-refractivity contribution is -0.136. The average Bonchev–Trinajstić information content (AvgIpc) is 2.37. The van der Waals surface area contributed by atoms with Crippen molar-refractivity contribution < 1.29 is 9.90 Å². The predicted octanol–water partition coefficient (Wildman–Crippen LogP) is 3.95. The SMILES string of the molecule is Nc1cc(Cl)c(Cl)cc1Nc1ccc(CC(=O)O)cc1. The summed E-state index contributed by atoms with van der Waals surface area (Å²) in [5.74, 6) is -0.862. The van der Waals surface area contributed by atoms with E-state index in [1.165, 1.54) is 0 Å². The summed E-state index contributed by atoms with van der Waals surface area (Å²) in [6.07, 6.45) is -0.00477. The van der Waals surface area contributed by atoms with Crippen molar-refractivity contribution in [3.05, 3.63) is 52.0 Å². The standard InChI is InChI=1S/C14H12Cl2N2O2/c15-10-6-12(17)13(7-11(10)16)18-9-3-1-8(2-4-9)5-14(19)20/h1-4,6-7,18H,5,17H2,(H,19,20). The Bertz CT molecular complexity index is 642. The summed E-state index contributed by atoms with van der Waals surface area (Å²) in [5.41, 5.74) is 8.48. The third kappa shape index (κ3) is 3.56. The number of rotatable bonds is 4. The van der Waals surface area contributed by atoms with E-state index in [0.29, 0.717) is 21.4 Å². The second-order valence-electron chi connectivity index (χ2n) is 4.25. The zero-order chi connectivity index (χ0) is 14.7. The molecule has 0 amide bonds. The van der Waals surface area contributed by atoms with Crippen LogP contribution in [0.15, 0.2) is 36.4 Å². The molecule has 0 fully saturated rings. The van der Waals surface area contributed by atoms with Crippen LogP contribution in [0.2, 0.25) is 10.0 Å². The molecule has 0 aliphatic heterocycles. The Kier molecular flexibility index (Phi) is 4.37. The highest BCUT2D eigenvalue weighted by atomic mass is 35.5. The number of benzene rings is 2. The molecule has 104 valence electrons. The second-order valence-corrected chi connectivity index (χ2v) is 5.06. The first-order chi connectivity index (χ1) is 9.45. The van der Waals surface area contributed by atoms with Gasteiger partial charge < -0.3 is 16.2 Å². The van der Waals surface area contributed by atoms with E-state index in [2.05, 4.69) is 5.32 Å². The molecule has 6 heteroatoms. The van der Waals surface area contributed by atoms with Crippen molar-refractivity contribution in [3.63, 3.8) is 0 Å². The molecule has 2 aromatic rings. The van der Waals surface area contributed by atoms with Gasteiger partial charge in [-0.25, -0.2) is 0 Å². The van der Waals surface area contributed by atoms with Crippen LogP contribution in [0.1, 0.15) is 5.56 Å². The van der Waals surface area contributed by atoms with Crippen LogP contribution in [0.5, 0.6) is 0 Å².